The number of anilines is 2. The topological polar surface area (TPSA) is 93.3 Å². The second-order valence-electron chi connectivity index (χ2n) is 4.56. The summed E-state index contributed by atoms with van der Waals surface area (Å²) in [5, 5.41) is 3.29. The van der Waals surface area contributed by atoms with Gasteiger partial charge in [0.2, 0.25) is 0 Å². The van der Waals surface area contributed by atoms with Crippen molar-refractivity contribution in [3.63, 3.8) is 0 Å². The highest BCUT2D eigenvalue weighted by molar-refractivity contribution is 5.85. The van der Waals surface area contributed by atoms with Crippen molar-refractivity contribution in [2.75, 3.05) is 30.8 Å². The molecule has 0 bridgehead atoms. The summed E-state index contributed by atoms with van der Waals surface area (Å²) in [5.41, 5.74) is 8.43. The summed E-state index contributed by atoms with van der Waals surface area (Å²) in [6, 6.07) is 3.45. The van der Waals surface area contributed by atoms with Crippen LogP contribution < -0.4 is 16.8 Å². The quantitative estimate of drug-likeness (QED) is 0.709. The van der Waals surface area contributed by atoms with Gasteiger partial charge in [0.25, 0.3) is 0 Å². The Kier molecular flexibility index (Phi) is 2.71. The van der Waals surface area contributed by atoms with Crippen LogP contribution in [0, 0.1) is 5.92 Å². The molecule has 2 aromatic rings. The maximum atomic E-state index is 11.1. The van der Waals surface area contributed by atoms with Crippen molar-refractivity contribution >= 4 is 22.5 Å². The number of nitrogens with two attached hydrogens (primary N) is 1. The molecule has 18 heavy (non-hydrogen) atoms. The highest BCUT2D eigenvalue weighted by Gasteiger charge is 2.16. The van der Waals surface area contributed by atoms with Gasteiger partial charge in [-0.05, 0) is 12.5 Å². The zero-order valence-corrected chi connectivity index (χ0v) is 9.86. The molecule has 6 heteroatoms. The first-order valence-corrected chi connectivity index (χ1v) is 5.96. The van der Waals surface area contributed by atoms with Gasteiger partial charge in [0.1, 0.15) is 0 Å². The Labute approximate surface area is 103 Å². The van der Waals surface area contributed by atoms with E-state index in [1.165, 1.54) is 0 Å². The Morgan fingerprint density at radius 1 is 1.50 bits per heavy atom. The van der Waals surface area contributed by atoms with Gasteiger partial charge in [-0.1, -0.05) is 0 Å². The molecule has 3 rings (SSSR count). The summed E-state index contributed by atoms with van der Waals surface area (Å²) < 4.78 is 10.3. The van der Waals surface area contributed by atoms with Gasteiger partial charge in [-0.25, -0.2) is 4.79 Å². The number of benzene rings is 1. The van der Waals surface area contributed by atoms with Crippen LogP contribution in [0.4, 0.5) is 11.4 Å². The SMILES string of the molecule is Nc1cc2oc(=O)[nH]c2cc1NCC1CCOC1. The van der Waals surface area contributed by atoms with E-state index in [1.54, 1.807) is 12.1 Å². The molecule has 1 atom stereocenters. The molecule has 1 aromatic heterocycles. The highest BCUT2D eigenvalue weighted by atomic mass is 16.5. The van der Waals surface area contributed by atoms with Crippen molar-refractivity contribution in [1.29, 1.82) is 0 Å². The van der Waals surface area contributed by atoms with Crippen molar-refractivity contribution < 1.29 is 9.15 Å². The molecular formula is C12H15N3O3. The largest absolute Gasteiger partial charge is 0.417 e. The van der Waals surface area contributed by atoms with E-state index in [0.29, 0.717) is 22.7 Å². The van der Waals surface area contributed by atoms with Crippen molar-refractivity contribution in [3.8, 4) is 0 Å². The minimum absolute atomic E-state index is 0.467. The first-order valence-electron chi connectivity index (χ1n) is 5.96. The van der Waals surface area contributed by atoms with Crippen LogP contribution in [0.25, 0.3) is 11.1 Å². The van der Waals surface area contributed by atoms with E-state index in [4.69, 9.17) is 14.9 Å². The van der Waals surface area contributed by atoms with Crippen LogP contribution in [-0.2, 0) is 4.74 Å². The molecule has 4 N–H and O–H groups in total. The Balaban J connectivity index is 1.81. The number of nitrogen functional groups attached to an aromatic ring is 1. The number of nitrogens with one attached hydrogen (secondary N) is 2. The van der Waals surface area contributed by atoms with E-state index in [2.05, 4.69) is 10.3 Å². The number of fused-ring (bicyclic) bond motifs is 1. The lowest BCUT2D eigenvalue weighted by Gasteiger charge is -2.12. The normalized spacial score (nSPS) is 19.4. The van der Waals surface area contributed by atoms with Crippen LogP contribution in [0.5, 0.6) is 0 Å². The summed E-state index contributed by atoms with van der Waals surface area (Å²) in [4.78, 5) is 13.7. The van der Waals surface area contributed by atoms with Gasteiger partial charge < -0.3 is 20.2 Å². The van der Waals surface area contributed by atoms with E-state index < -0.39 is 5.76 Å². The van der Waals surface area contributed by atoms with E-state index in [1.807, 2.05) is 0 Å². The summed E-state index contributed by atoms with van der Waals surface area (Å²) in [6.07, 6.45) is 1.07. The van der Waals surface area contributed by atoms with Crippen LogP contribution in [0.3, 0.4) is 0 Å². The Morgan fingerprint density at radius 3 is 3.17 bits per heavy atom. The summed E-state index contributed by atoms with van der Waals surface area (Å²) in [5.74, 6) is 0.0502. The van der Waals surface area contributed by atoms with Crippen molar-refractivity contribution in [2.45, 2.75) is 6.42 Å². The third-order valence-electron chi connectivity index (χ3n) is 3.20. The second-order valence-corrected chi connectivity index (χ2v) is 4.56. The molecule has 1 aliphatic rings. The van der Waals surface area contributed by atoms with Crippen LogP contribution in [0.1, 0.15) is 6.42 Å². The van der Waals surface area contributed by atoms with Gasteiger partial charge >= 0.3 is 5.76 Å². The zero-order valence-electron chi connectivity index (χ0n) is 9.86. The van der Waals surface area contributed by atoms with Crippen LogP contribution in [-0.4, -0.2) is 24.7 Å². The van der Waals surface area contributed by atoms with Gasteiger partial charge in [-0.3, -0.25) is 4.98 Å². The number of oxazole rings is 1. The predicted molar refractivity (Wildman–Crippen MR) is 68.7 cm³/mol. The minimum atomic E-state index is -0.467. The molecule has 1 fully saturated rings. The van der Waals surface area contributed by atoms with Gasteiger partial charge in [0.15, 0.2) is 5.58 Å². The number of aromatic amines is 1. The molecule has 2 heterocycles. The van der Waals surface area contributed by atoms with E-state index in [0.717, 1.165) is 31.9 Å². The third kappa shape index (κ3) is 2.06. The van der Waals surface area contributed by atoms with Gasteiger partial charge in [0.05, 0.1) is 23.5 Å². The molecule has 96 valence electrons. The van der Waals surface area contributed by atoms with Crippen LogP contribution in [0.15, 0.2) is 21.3 Å². The summed E-state index contributed by atoms with van der Waals surface area (Å²) in [6.45, 7) is 2.44. The van der Waals surface area contributed by atoms with Gasteiger partial charge in [-0.2, -0.15) is 0 Å². The lowest BCUT2D eigenvalue weighted by atomic mass is 10.1. The highest BCUT2D eigenvalue weighted by Crippen LogP contribution is 2.25. The molecule has 0 radical (unpaired) electrons. The molecular weight excluding hydrogens is 234 g/mol. The number of hydrogen-bond acceptors (Lipinski definition) is 5. The first-order chi connectivity index (χ1) is 8.72. The molecule has 0 spiro atoms. The molecule has 1 unspecified atom stereocenters. The predicted octanol–water partition coefficient (Wildman–Crippen LogP) is 1.15. The molecule has 6 nitrogen and oxygen atoms in total. The average Bonchev–Trinajstić information content (AvgIpc) is 2.94. The maximum Gasteiger partial charge on any atom is 0.417 e. The van der Waals surface area contributed by atoms with Crippen LogP contribution in [0.2, 0.25) is 0 Å². The molecule has 0 amide bonds. The molecule has 0 aliphatic carbocycles. The van der Waals surface area contributed by atoms with Gasteiger partial charge in [-0.15, -0.1) is 0 Å². The standard InChI is InChI=1S/C12H15N3O3/c13-8-3-11-10(15-12(16)18-11)4-9(8)14-5-7-1-2-17-6-7/h3-4,7,14H,1-2,5-6,13H2,(H,15,16). The van der Waals surface area contributed by atoms with E-state index in [9.17, 15) is 4.79 Å². The van der Waals surface area contributed by atoms with Crippen molar-refractivity contribution in [1.82, 2.24) is 4.98 Å². The second kappa shape index (κ2) is 4.38. The fraction of sp³-hybridized carbons (Fsp3) is 0.417. The number of aromatic nitrogens is 1. The zero-order chi connectivity index (χ0) is 12.5. The Bertz CT molecular complexity index is 611. The number of H-pyrrole nitrogens is 1. The summed E-state index contributed by atoms with van der Waals surface area (Å²) in [7, 11) is 0. The summed E-state index contributed by atoms with van der Waals surface area (Å²) >= 11 is 0. The first kappa shape index (κ1) is 11.2. The van der Waals surface area contributed by atoms with E-state index >= 15 is 0 Å². The molecule has 1 aromatic carbocycles. The number of ether oxygens (including phenoxy) is 1. The fourth-order valence-corrected chi connectivity index (χ4v) is 2.16. The molecule has 1 aliphatic heterocycles. The number of rotatable bonds is 3. The smallest absolute Gasteiger partial charge is 0.408 e. The maximum absolute atomic E-state index is 11.1. The van der Waals surface area contributed by atoms with Crippen molar-refractivity contribution in [3.05, 3.63) is 22.7 Å². The lowest BCUT2D eigenvalue weighted by molar-refractivity contribution is 0.187. The minimum Gasteiger partial charge on any atom is -0.408 e. The Hall–Kier alpha value is -1.95. The van der Waals surface area contributed by atoms with Gasteiger partial charge in [0, 0.05) is 25.1 Å². The van der Waals surface area contributed by atoms with E-state index in [-0.39, 0.29) is 0 Å². The molecule has 0 saturated carbocycles. The van der Waals surface area contributed by atoms with Crippen molar-refractivity contribution in [2.24, 2.45) is 5.92 Å². The molecule has 1 saturated heterocycles. The fourth-order valence-electron chi connectivity index (χ4n) is 2.16. The lowest BCUT2D eigenvalue weighted by Crippen LogP contribution is -2.14. The Morgan fingerprint density at radius 2 is 2.39 bits per heavy atom. The number of hydrogen-bond donors (Lipinski definition) is 3. The third-order valence-corrected chi connectivity index (χ3v) is 3.20. The average molecular weight is 249 g/mol. The monoisotopic (exact) mass is 249 g/mol. The van der Waals surface area contributed by atoms with Crippen LogP contribution >= 0.6 is 0 Å².